The van der Waals surface area contributed by atoms with Gasteiger partial charge < -0.3 is 14.9 Å². The minimum absolute atomic E-state index is 0.0700. The molecule has 1 aliphatic rings. The minimum atomic E-state index is -1.09. The molecule has 1 saturated heterocycles. The minimum Gasteiger partial charge on any atom is -0.482 e. The maximum atomic E-state index is 12.9. The molecule has 7 nitrogen and oxygen atoms in total. The lowest BCUT2D eigenvalue weighted by atomic mass is 10.1. The summed E-state index contributed by atoms with van der Waals surface area (Å²) in [6.07, 6.45) is 1.66. The smallest absolute Gasteiger partial charge is 0.341 e. The number of aromatic carboxylic acids is 1. The summed E-state index contributed by atoms with van der Waals surface area (Å²) >= 11 is 6.47. The van der Waals surface area contributed by atoms with Crippen LogP contribution in [0.2, 0.25) is 0 Å². The second-order valence-electron chi connectivity index (χ2n) is 6.07. The van der Waals surface area contributed by atoms with Crippen LogP contribution in [-0.2, 0) is 9.59 Å². The maximum absolute atomic E-state index is 12.9. The van der Waals surface area contributed by atoms with Crippen LogP contribution in [0.4, 0.5) is 5.69 Å². The molecule has 1 heterocycles. The van der Waals surface area contributed by atoms with Gasteiger partial charge in [0.25, 0.3) is 5.91 Å². The van der Waals surface area contributed by atoms with Crippen LogP contribution in [0.25, 0.3) is 6.08 Å². The number of anilines is 1. The van der Waals surface area contributed by atoms with E-state index < -0.39 is 18.5 Å². The number of carbonyl (C=O) groups is 3. The van der Waals surface area contributed by atoms with Gasteiger partial charge in [-0.3, -0.25) is 9.69 Å². The van der Waals surface area contributed by atoms with Gasteiger partial charge in [0.15, 0.2) is 10.9 Å². The molecule has 29 heavy (non-hydrogen) atoms. The largest absolute Gasteiger partial charge is 0.482 e. The van der Waals surface area contributed by atoms with Crippen LogP contribution in [0.1, 0.15) is 21.5 Å². The van der Waals surface area contributed by atoms with Gasteiger partial charge in [-0.15, -0.1) is 0 Å². The highest BCUT2D eigenvalue weighted by Gasteiger charge is 2.34. The summed E-state index contributed by atoms with van der Waals surface area (Å²) in [5.74, 6) is -2.09. The van der Waals surface area contributed by atoms with Gasteiger partial charge in [0.2, 0.25) is 0 Å². The first kappa shape index (κ1) is 20.6. The van der Waals surface area contributed by atoms with Gasteiger partial charge in [-0.25, -0.2) is 9.59 Å². The van der Waals surface area contributed by atoms with Crippen LogP contribution in [0.3, 0.4) is 0 Å². The third kappa shape index (κ3) is 4.64. The number of thioether (sulfide) groups is 1. The highest BCUT2D eigenvalue weighted by Crippen LogP contribution is 2.37. The summed E-state index contributed by atoms with van der Waals surface area (Å²) < 4.78 is 5.39. The Hall–Kier alpha value is -3.17. The van der Waals surface area contributed by atoms with Gasteiger partial charge in [-0.2, -0.15) is 0 Å². The number of hydrogen-bond donors (Lipinski definition) is 2. The van der Waals surface area contributed by atoms with E-state index in [0.717, 1.165) is 17.3 Å². The molecule has 0 atom stereocenters. The zero-order valence-corrected chi connectivity index (χ0v) is 16.8. The lowest BCUT2D eigenvalue weighted by Crippen LogP contribution is -2.28. The lowest BCUT2D eigenvalue weighted by Gasteiger charge is -2.17. The molecule has 0 bridgehead atoms. The van der Waals surface area contributed by atoms with Crippen molar-refractivity contribution < 1.29 is 29.3 Å². The number of carboxylic acids is 2. The number of hydrogen-bond acceptors (Lipinski definition) is 6. The summed E-state index contributed by atoms with van der Waals surface area (Å²) in [6.45, 7) is 1.34. The Morgan fingerprint density at radius 3 is 2.48 bits per heavy atom. The number of amides is 1. The van der Waals surface area contributed by atoms with E-state index in [0.29, 0.717) is 26.2 Å². The predicted octanol–water partition coefficient (Wildman–Crippen LogP) is 3.56. The quantitative estimate of drug-likeness (QED) is 0.531. The van der Waals surface area contributed by atoms with Crippen molar-refractivity contribution in [3.05, 3.63) is 64.1 Å². The average molecular weight is 429 g/mol. The van der Waals surface area contributed by atoms with E-state index in [1.165, 1.54) is 17.0 Å². The third-order valence-corrected chi connectivity index (χ3v) is 5.33. The number of benzene rings is 2. The fourth-order valence-electron chi connectivity index (χ4n) is 2.62. The van der Waals surface area contributed by atoms with Crippen molar-refractivity contribution >= 4 is 57.9 Å². The number of nitrogens with zero attached hydrogens (tertiary/aromatic N) is 1. The molecular formula is C20H15NO6S2. The molecule has 0 radical (unpaired) electrons. The molecule has 9 heteroatoms. The Balaban J connectivity index is 1.84. The highest BCUT2D eigenvalue weighted by molar-refractivity contribution is 8.27. The molecule has 3 rings (SSSR count). The van der Waals surface area contributed by atoms with E-state index in [4.69, 9.17) is 22.1 Å². The molecule has 1 amide bonds. The first-order valence-electron chi connectivity index (χ1n) is 8.33. The van der Waals surface area contributed by atoms with Crippen LogP contribution in [0.5, 0.6) is 5.75 Å². The fraction of sp³-hybridized carbons (Fsp3) is 0.100. The van der Waals surface area contributed by atoms with Gasteiger partial charge in [0.05, 0.1) is 16.2 Å². The summed E-state index contributed by atoms with van der Waals surface area (Å²) in [6, 6.07) is 11.1. The van der Waals surface area contributed by atoms with Gasteiger partial charge in [-0.1, -0.05) is 42.2 Å². The molecular weight excluding hydrogens is 414 g/mol. The number of carboxylic acid groups (broad SMARTS) is 2. The third-order valence-electron chi connectivity index (χ3n) is 4.03. The van der Waals surface area contributed by atoms with Gasteiger partial charge in [-0.05, 0) is 48.4 Å². The van der Waals surface area contributed by atoms with Crippen molar-refractivity contribution in [2.75, 3.05) is 11.5 Å². The summed E-state index contributed by atoms with van der Waals surface area (Å²) in [5.41, 5.74) is 1.95. The first-order chi connectivity index (χ1) is 13.8. The van der Waals surface area contributed by atoms with Crippen molar-refractivity contribution in [3.8, 4) is 5.75 Å². The normalized spacial score (nSPS) is 15.1. The van der Waals surface area contributed by atoms with Crippen molar-refractivity contribution in [1.29, 1.82) is 0 Å². The van der Waals surface area contributed by atoms with Gasteiger partial charge >= 0.3 is 11.9 Å². The van der Waals surface area contributed by atoms with E-state index in [2.05, 4.69) is 0 Å². The van der Waals surface area contributed by atoms with Crippen LogP contribution in [-0.4, -0.2) is 39.0 Å². The summed E-state index contributed by atoms with van der Waals surface area (Å²) in [4.78, 5) is 36.4. The number of aryl methyl sites for hydroxylation is 1. The van der Waals surface area contributed by atoms with Crippen LogP contribution < -0.4 is 9.64 Å². The predicted molar refractivity (Wildman–Crippen MR) is 113 cm³/mol. The van der Waals surface area contributed by atoms with Gasteiger partial charge in [0.1, 0.15) is 5.75 Å². The molecule has 2 aromatic carbocycles. The fourth-order valence-corrected chi connectivity index (χ4v) is 3.90. The van der Waals surface area contributed by atoms with E-state index in [1.54, 1.807) is 43.3 Å². The monoisotopic (exact) mass is 429 g/mol. The SMILES string of the molecule is Cc1ccc(C(=O)O)cc1N1C(=O)/C(=C/c2ccc(OCC(=O)O)cc2)SC1=S. The first-order valence-corrected chi connectivity index (χ1v) is 9.55. The zero-order valence-electron chi connectivity index (χ0n) is 15.1. The van der Waals surface area contributed by atoms with Crippen LogP contribution in [0, 0.1) is 6.92 Å². The molecule has 0 aromatic heterocycles. The van der Waals surface area contributed by atoms with E-state index >= 15 is 0 Å². The second-order valence-corrected chi connectivity index (χ2v) is 7.75. The number of aliphatic carboxylic acids is 1. The summed E-state index contributed by atoms with van der Waals surface area (Å²) in [5, 5.41) is 17.9. The maximum Gasteiger partial charge on any atom is 0.341 e. The Labute approximate surface area is 175 Å². The number of thiocarbonyl (C=S) groups is 1. The summed E-state index contributed by atoms with van der Waals surface area (Å²) in [7, 11) is 0. The van der Waals surface area contributed by atoms with Crippen LogP contribution in [0.15, 0.2) is 47.4 Å². The standard InChI is InChI=1S/C20H15NO6S2/c1-11-2-5-13(19(25)26)9-15(11)21-18(24)16(29-20(21)28)8-12-3-6-14(7-4-12)27-10-17(22)23/h2-9H,10H2,1H3,(H,22,23)(H,25,26)/b16-8-. The Bertz CT molecular complexity index is 1050. The van der Waals surface area contributed by atoms with Crippen molar-refractivity contribution in [2.45, 2.75) is 6.92 Å². The van der Waals surface area contributed by atoms with Crippen molar-refractivity contribution in [2.24, 2.45) is 0 Å². The molecule has 0 saturated carbocycles. The molecule has 0 spiro atoms. The Morgan fingerprint density at radius 2 is 1.86 bits per heavy atom. The number of ether oxygens (including phenoxy) is 1. The molecule has 1 fully saturated rings. The van der Waals surface area contributed by atoms with Crippen molar-refractivity contribution in [1.82, 2.24) is 0 Å². The van der Waals surface area contributed by atoms with E-state index in [-0.39, 0.29) is 11.5 Å². The van der Waals surface area contributed by atoms with Gasteiger partial charge in [0, 0.05) is 0 Å². The molecule has 1 aliphatic heterocycles. The number of rotatable bonds is 6. The van der Waals surface area contributed by atoms with E-state index in [1.807, 2.05) is 0 Å². The number of carbonyl (C=O) groups excluding carboxylic acids is 1. The van der Waals surface area contributed by atoms with Crippen LogP contribution >= 0.6 is 24.0 Å². The molecule has 0 unspecified atom stereocenters. The molecule has 0 aliphatic carbocycles. The molecule has 2 N–H and O–H groups in total. The Kier molecular flexibility index (Phi) is 6.00. The second kappa shape index (κ2) is 8.46. The van der Waals surface area contributed by atoms with E-state index in [9.17, 15) is 19.5 Å². The highest BCUT2D eigenvalue weighted by atomic mass is 32.2. The topological polar surface area (TPSA) is 104 Å². The average Bonchev–Trinajstić information content (AvgIpc) is 2.94. The Morgan fingerprint density at radius 1 is 1.17 bits per heavy atom. The molecule has 2 aromatic rings. The zero-order chi connectivity index (χ0) is 21.1. The molecule has 148 valence electrons. The van der Waals surface area contributed by atoms with Crippen molar-refractivity contribution in [3.63, 3.8) is 0 Å². The lowest BCUT2D eigenvalue weighted by molar-refractivity contribution is -0.139.